The number of carbonyl (C=O) groups is 3. The van der Waals surface area contributed by atoms with E-state index >= 15 is 0 Å². The number of aryl methyl sites for hydroxylation is 1. The fraction of sp³-hybridized carbons (Fsp3) is 0.259. The highest BCUT2D eigenvalue weighted by Gasteiger charge is 2.23. The van der Waals surface area contributed by atoms with Gasteiger partial charge in [-0.05, 0) is 62.4 Å². The van der Waals surface area contributed by atoms with Gasteiger partial charge in [0.15, 0.2) is 0 Å². The average Bonchev–Trinajstić information content (AvgIpc) is 2.91. The van der Waals surface area contributed by atoms with E-state index in [9.17, 15) is 14.4 Å². The number of hydrogen-bond donors (Lipinski definition) is 3. The number of halogens is 1. The van der Waals surface area contributed by atoms with E-state index in [1.54, 1.807) is 54.6 Å². The summed E-state index contributed by atoms with van der Waals surface area (Å²) in [6.07, 6.45) is 1.44. The van der Waals surface area contributed by atoms with Crippen LogP contribution in [-0.2, 0) is 9.53 Å². The molecule has 0 saturated carbocycles. The van der Waals surface area contributed by atoms with Crippen molar-refractivity contribution in [3.8, 4) is 0 Å². The summed E-state index contributed by atoms with van der Waals surface area (Å²) in [4.78, 5) is 44.6. The number of hydrogen-bond acceptors (Lipinski definition) is 6. The topological polar surface area (TPSA) is 113 Å². The molecule has 1 aromatic heterocycles. The van der Waals surface area contributed by atoms with E-state index in [2.05, 4.69) is 25.8 Å². The minimum Gasteiger partial charge on any atom is -0.379 e. The highest BCUT2D eigenvalue weighted by molar-refractivity contribution is 6.30. The Morgan fingerprint density at radius 3 is 2.35 bits per heavy atom. The molecule has 1 aliphatic heterocycles. The molecule has 0 aliphatic carbocycles. The van der Waals surface area contributed by atoms with Crippen molar-refractivity contribution in [3.05, 3.63) is 82.5 Å². The Balaban J connectivity index is 1.41. The van der Waals surface area contributed by atoms with E-state index in [1.165, 1.54) is 6.20 Å². The zero-order chi connectivity index (χ0) is 26.4. The number of benzene rings is 2. The van der Waals surface area contributed by atoms with Crippen molar-refractivity contribution in [2.75, 3.05) is 42.3 Å². The van der Waals surface area contributed by atoms with Crippen LogP contribution >= 0.6 is 11.6 Å². The summed E-state index contributed by atoms with van der Waals surface area (Å²) in [6, 6.07) is 14.7. The van der Waals surface area contributed by atoms with Gasteiger partial charge < -0.3 is 20.7 Å². The largest absolute Gasteiger partial charge is 0.379 e. The maximum absolute atomic E-state index is 12.9. The number of amides is 3. The van der Waals surface area contributed by atoms with Crippen molar-refractivity contribution in [1.29, 1.82) is 0 Å². The second-order valence-corrected chi connectivity index (χ2v) is 9.15. The van der Waals surface area contributed by atoms with Crippen molar-refractivity contribution in [3.63, 3.8) is 0 Å². The van der Waals surface area contributed by atoms with E-state index in [4.69, 9.17) is 16.3 Å². The van der Waals surface area contributed by atoms with Crippen LogP contribution in [0.15, 0.2) is 60.8 Å². The Kier molecular flexibility index (Phi) is 8.50. The molecule has 1 atom stereocenters. The molecule has 10 heteroatoms. The number of aromatic nitrogens is 1. The molecule has 1 aliphatic rings. The number of nitrogens with one attached hydrogen (secondary N) is 3. The van der Waals surface area contributed by atoms with Gasteiger partial charge in [0.1, 0.15) is 5.82 Å². The molecular weight excluding hydrogens is 494 g/mol. The molecule has 0 bridgehead atoms. The van der Waals surface area contributed by atoms with E-state index in [1.807, 2.05) is 13.8 Å². The number of morpholine rings is 1. The van der Waals surface area contributed by atoms with E-state index in [0.717, 1.165) is 5.56 Å². The van der Waals surface area contributed by atoms with Gasteiger partial charge in [-0.25, -0.2) is 4.98 Å². The van der Waals surface area contributed by atoms with Crippen molar-refractivity contribution >= 4 is 46.5 Å². The zero-order valence-electron chi connectivity index (χ0n) is 20.6. The van der Waals surface area contributed by atoms with Crippen LogP contribution < -0.4 is 16.0 Å². The predicted molar refractivity (Wildman–Crippen MR) is 143 cm³/mol. The van der Waals surface area contributed by atoms with Crippen molar-refractivity contribution in [1.82, 2.24) is 9.88 Å². The number of ether oxygens (including phenoxy) is 1. The van der Waals surface area contributed by atoms with Crippen molar-refractivity contribution in [2.45, 2.75) is 19.9 Å². The van der Waals surface area contributed by atoms with Gasteiger partial charge >= 0.3 is 0 Å². The maximum atomic E-state index is 12.9. The number of rotatable bonds is 7. The average molecular weight is 522 g/mol. The smallest absolute Gasteiger partial charge is 0.258 e. The van der Waals surface area contributed by atoms with Gasteiger partial charge in [0, 0.05) is 30.5 Å². The van der Waals surface area contributed by atoms with Crippen LogP contribution in [0.5, 0.6) is 0 Å². The number of nitrogens with zero attached hydrogens (tertiary/aromatic N) is 2. The molecule has 0 radical (unpaired) electrons. The molecule has 3 amide bonds. The first-order valence-electron chi connectivity index (χ1n) is 11.9. The van der Waals surface area contributed by atoms with Crippen molar-refractivity contribution in [2.24, 2.45) is 0 Å². The molecule has 1 saturated heterocycles. The monoisotopic (exact) mass is 521 g/mol. The molecule has 1 fully saturated rings. The van der Waals surface area contributed by atoms with Crippen LogP contribution in [0.3, 0.4) is 0 Å². The summed E-state index contributed by atoms with van der Waals surface area (Å²) in [5.74, 6) is -0.582. The number of pyridine rings is 1. The first kappa shape index (κ1) is 26.3. The zero-order valence-corrected chi connectivity index (χ0v) is 21.3. The highest BCUT2D eigenvalue weighted by atomic mass is 35.5. The normalized spacial score (nSPS) is 14.5. The number of anilines is 3. The van der Waals surface area contributed by atoms with Gasteiger partial charge in [-0.2, -0.15) is 0 Å². The van der Waals surface area contributed by atoms with Crippen LogP contribution in [0, 0.1) is 6.92 Å². The first-order chi connectivity index (χ1) is 17.8. The first-order valence-corrected chi connectivity index (χ1v) is 12.3. The lowest BCUT2D eigenvalue weighted by Crippen LogP contribution is -2.47. The minimum absolute atomic E-state index is 0.121. The highest BCUT2D eigenvalue weighted by Crippen LogP contribution is 2.21. The van der Waals surface area contributed by atoms with Crippen LogP contribution in [0.1, 0.15) is 33.2 Å². The summed E-state index contributed by atoms with van der Waals surface area (Å²) in [5.41, 5.74) is 2.49. The summed E-state index contributed by atoms with van der Waals surface area (Å²) in [7, 11) is 0. The molecule has 37 heavy (non-hydrogen) atoms. The second-order valence-electron chi connectivity index (χ2n) is 8.71. The molecule has 2 heterocycles. The molecule has 192 valence electrons. The Hall–Kier alpha value is -3.79. The van der Waals surface area contributed by atoms with Crippen LogP contribution in [0.25, 0.3) is 0 Å². The molecule has 9 nitrogen and oxygen atoms in total. The van der Waals surface area contributed by atoms with Crippen LogP contribution in [0.2, 0.25) is 5.02 Å². The molecule has 4 rings (SSSR count). The Labute approximate surface area is 220 Å². The lowest BCUT2D eigenvalue weighted by Gasteiger charge is -2.31. The summed E-state index contributed by atoms with van der Waals surface area (Å²) in [5, 5.41) is 8.87. The van der Waals surface area contributed by atoms with Gasteiger partial charge in [-0.15, -0.1) is 0 Å². The van der Waals surface area contributed by atoms with Crippen molar-refractivity contribution < 1.29 is 19.1 Å². The fourth-order valence-corrected chi connectivity index (χ4v) is 3.98. The molecule has 1 unspecified atom stereocenters. The van der Waals surface area contributed by atoms with Gasteiger partial charge in [-0.1, -0.05) is 23.2 Å². The van der Waals surface area contributed by atoms with E-state index < -0.39 is 5.91 Å². The Bertz CT molecular complexity index is 1270. The number of carbonyl (C=O) groups excluding carboxylic acids is 3. The third-order valence-electron chi connectivity index (χ3n) is 6.02. The summed E-state index contributed by atoms with van der Waals surface area (Å²) >= 11 is 5.86. The third-order valence-corrected chi connectivity index (χ3v) is 6.25. The summed E-state index contributed by atoms with van der Waals surface area (Å²) in [6.45, 7) is 6.37. The van der Waals surface area contributed by atoms with Gasteiger partial charge in [0.2, 0.25) is 5.91 Å². The van der Waals surface area contributed by atoms with Gasteiger partial charge in [-0.3, -0.25) is 19.3 Å². The Morgan fingerprint density at radius 1 is 0.946 bits per heavy atom. The lowest BCUT2D eigenvalue weighted by atomic mass is 10.1. The molecule has 2 aromatic carbocycles. The fourth-order valence-electron chi connectivity index (χ4n) is 3.87. The maximum Gasteiger partial charge on any atom is 0.258 e. The van der Waals surface area contributed by atoms with Gasteiger partial charge in [0.05, 0.1) is 35.5 Å². The van der Waals surface area contributed by atoms with Crippen LogP contribution in [-0.4, -0.2) is 60.0 Å². The van der Waals surface area contributed by atoms with Crippen LogP contribution in [0.4, 0.5) is 17.2 Å². The van der Waals surface area contributed by atoms with Gasteiger partial charge in [0.25, 0.3) is 11.8 Å². The molecular formula is C27H28ClN5O4. The predicted octanol–water partition coefficient (Wildman–Crippen LogP) is 4.21. The standard InChI is InChI=1S/C27H28ClN5O4/c1-17-3-9-23(22(15-17)27(36)32-24-10-6-20(28)16-29-24)31-26(35)19-4-7-21(8-5-19)30-25(34)18(2)33-11-13-37-14-12-33/h3-10,15-16,18H,11-14H2,1-2H3,(H,30,34)(H,31,35)(H,29,32,36). The van der Waals surface area contributed by atoms with E-state index in [-0.39, 0.29) is 17.9 Å². The minimum atomic E-state index is -0.415. The quantitative estimate of drug-likeness (QED) is 0.429. The second kappa shape index (κ2) is 12.0. The molecule has 0 spiro atoms. The Morgan fingerprint density at radius 2 is 1.68 bits per heavy atom. The molecule has 3 aromatic rings. The lowest BCUT2D eigenvalue weighted by molar-refractivity contribution is -0.122. The SMILES string of the molecule is Cc1ccc(NC(=O)c2ccc(NC(=O)C(C)N3CCOCC3)cc2)c(C(=O)Nc2ccc(Cl)cn2)c1. The third kappa shape index (κ3) is 6.91. The molecule has 3 N–H and O–H groups in total. The van der Waals surface area contributed by atoms with E-state index in [0.29, 0.717) is 59.6 Å². The summed E-state index contributed by atoms with van der Waals surface area (Å²) < 4.78 is 5.34.